The van der Waals surface area contributed by atoms with Crippen LogP contribution in [-0.2, 0) is 0 Å². The molecule has 3 aromatic carbocycles. The third-order valence-corrected chi connectivity index (χ3v) is 6.33. The Bertz CT molecular complexity index is 1050. The highest BCUT2D eigenvalue weighted by molar-refractivity contribution is 8.00. The number of benzene rings is 3. The van der Waals surface area contributed by atoms with Crippen LogP contribution in [0.4, 0.5) is 11.4 Å². The molecule has 1 aliphatic heterocycles. The van der Waals surface area contributed by atoms with E-state index >= 15 is 0 Å². The summed E-state index contributed by atoms with van der Waals surface area (Å²) in [7, 11) is 0. The van der Waals surface area contributed by atoms with Gasteiger partial charge in [-0.15, -0.1) is 11.8 Å². The Morgan fingerprint density at radius 3 is 2.48 bits per heavy atom. The number of amides is 1. The van der Waals surface area contributed by atoms with E-state index in [2.05, 4.69) is 10.6 Å². The molecule has 0 saturated carbocycles. The van der Waals surface area contributed by atoms with Crippen molar-refractivity contribution >= 4 is 34.8 Å². The molecule has 0 aromatic heterocycles. The van der Waals surface area contributed by atoms with Crippen LogP contribution >= 0.6 is 11.8 Å². The average molecular weight is 403 g/mol. The highest BCUT2D eigenvalue weighted by atomic mass is 32.2. The van der Waals surface area contributed by atoms with Crippen molar-refractivity contribution in [2.75, 3.05) is 17.2 Å². The van der Waals surface area contributed by atoms with Crippen molar-refractivity contribution in [3.8, 4) is 0 Å². The summed E-state index contributed by atoms with van der Waals surface area (Å²) in [6.07, 6.45) is 0.768. The van der Waals surface area contributed by atoms with E-state index in [0.717, 1.165) is 29.1 Å². The number of nitrogens with one attached hydrogen (secondary N) is 2. The first-order valence-electron chi connectivity index (χ1n) is 9.62. The highest BCUT2D eigenvalue weighted by Gasteiger charge is 2.24. The molecule has 1 amide bonds. The van der Waals surface area contributed by atoms with Crippen LogP contribution in [0, 0.1) is 6.92 Å². The summed E-state index contributed by atoms with van der Waals surface area (Å²) in [6.45, 7) is 2.68. The van der Waals surface area contributed by atoms with Crippen molar-refractivity contribution in [3.05, 3.63) is 89.5 Å². The van der Waals surface area contributed by atoms with Gasteiger partial charge in [0.15, 0.2) is 5.78 Å². The van der Waals surface area contributed by atoms with Gasteiger partial charge in [-0.3, -0.25) is 9.59 Å². The van der Waals surface area contributed by atoms with E-state index in [0.29, 0.717) is 16.8 Å². The second-order valence-electron chi connectivity index (χ2n) is 7.03. The Kier molecular flexibility index (Phi) is 5.67. The van der Waals surface area contributed by atoms with Gasteiger partial charge in [0, 0.05) is 33.9 Å². The minimum Gasteiger partial charge on any atom is -0.384 e. The van der Waals surface area contributed by atoms with Crippen LogP contribution in [0.15, 0.2) is 77.7 Å². The number of rotatable bonds is 4. The van der Waals surface area contributed by atoms with Gasteiger partial charge in [-0.2, -0.15) is 0 Å². The van der Waals surface area contributed by atoms with Crippen LogP contribution in [-0.4, -0.2) is 23.5 Å². The average Bonchev–Trinajstić information content (AvgIpc) is 2.96. The van der Waals surface area contributed by atoms with E-state index in [1.807, 2.05) is 49.4 Å². The van der Waals surface area contributed by atoms with Gasteiger partial charge in [-0.25, -0.2) is 0 Å². The SMILES string of the molecule is Cc1ccccc1C(=O)Nc1ccc(C(=O)C2CCNc3ccccc3S2)cc1. The molecule has 146 valence electrons. The topological polar surface area (TPSA) is 58.2 Å². The van der Waals surface area contributed by atoms with Gasteiger partial charge in [0.2, 0.25) is 0 Å². The molecule has 3 aromatic rings. The number of Topliss-reactive ketones (excluding diaryl/α,β-unsaturated/α-hetero) is 1. The summed E-state index contributed by atoms with van der Waals surface area (Å²) in [6, 6.07) is 22.7. The lowest BCUT2D eigenvalue weighted by molar-refractivity contribution is 0.0986. The zero-order chi connectivity index (χ0) is 20.2. The Morgan fingerprint density at radius 1 is 0.966 bits per heavy atom. The number of carbonyl (C=O) groups is 2. The molecule has 0 spiro atoms. The van der Waals surface area contributed by atoms with Crippen LogP contribution < -0.4 is 10.6 Å². The Labute approximate surface area is 174 Å². The van der Waals surface area contributed by atoms with Gasteiger partial charge in [-0.05, 0) is 61.4 Å². The third kappa shape index (κ3) is 4.35. The van der Waals surface area contributed by atoms with Crippen LogP contribution in [0.1, 0.15) is 32.7 Å². The largest absolute Gasteiger partial charge is 0.384 e. The molecule has 1 aliphatic rings. The number of hydrogen-bond acceptors (Lipinski definition) is 4. The molecule has 1 unspecified atom stereocenters. The highest BCUT2D eigenvalue weighted by Crippen LogP contribution is 2.36. The summed E-state index contributed by atoms with van der Waals surface area (Å²) in [4.78, 5) is 26.6. The van der Waals surface area contributed by atoms with E-state index in [9.17, 15) is 9.59 Å². The molecule has 0 radical (unpaired) electrons. The van der Waals surface area contributed by atoms with Gasteiger partial charge in [0.25, 0.3) is 5.91 Å². The van der Waals surface area contributed by atoms with E-state index in [4.69, 9.17) is 0 Å². The first kappa shape index (κ1) is 19.3. The zero-order valence-electron chi connectivity index (χ0n) is 16.1. The number of carbonyl (C=O) groups excluding carboxylic acids is 2. The minimum absolute atomic E-state index is 0.116. The molecule has 2 N–H and O–H groups in total. The van der Waals surface area contributed by atoms with Crippen LogP contribution in [0.3, 0.4) is 0 Å². The lowest BCUT2D eigenvalue weighted by atomic mass is 10.1. The normalized spacial score (nSPS) is 15.6. The maximum Gasteiger partial charge on any atom is 0.255 e. The van der Waals surface area contributed by atoms with Gasteiger partial charge in [0.05, 0.1) is 5.25 Å². The van der Waals surface area contributed by atoms with Crippen molar-refractivity contribution in [2.24, 2.45) is 0 Å². The predicted molar refractivity (Wildman–Crippen MR) is 119 cm³/mol. The number of thioether (sulfide) groups is 1. The minimum atomic E-state index is -0.149. The van der Waals surface area contributed by atoms with Crippen LogP contribution in [0.25, 0.3) is 0 Å². The summed E-state index contributed by atoms with van der Waals surface area (Å²) in [5.74, 6) is -0.0329. The molecular weight excluding hydrogens is 380 g/mol. The summed E-state index contributed by atoms with van der Waals surface area (Å²) in [5, 5.41) is 6.17. The predicted octanol–water partition coefficient (Wildman–Crippen LogP) is 5.41. The fraction of sp³-hybridized carbons (Fsp3) is 0.167. The second kappa shape index (κ2) is 8.53. The monoisotopic (exact) mass is 402 g/mol. The van der Waals surface area contributed by atoms with E-state index in [1.54, 1.807) is 42.1 Å². The van der Waals surface area contributed by atoms with Gasteiger partial charge < -0.3 is 10.6 Å². The van der Waals surface area contributed by atoms with Crippen molar-refractivity contribution in [3.63, 3.8) is 0 Å². The maximum atomic E-state index is 13.0. The number of para-hydroxylation sites is 1. The molecule has 0 fully saturated rings. The van der Waals surface area contributed by atoms with Crippen LogP contribution in [0.5, 0.6) is 0 Å². The number of ketones is 1. The summed E-state index contributed by atoms with van der Waals surface area (Å²) < 4.78 is 0. The van der Waals surface area contributed by atoms with Crippen LogP contribution in [0.2, 0.25) is 0 Å². The molecule has 4 rings (SSSR count). The Morgan fingerprint density at radius 2 is 1.69 bits per heavy atom. The van der Waals surface area contributed by atoms with E-state index in [1.165, 1.54) is 0 Å². The third-order valence-electron chi connectivity index (χ3n) is 4.99. The standard InChI is InChI=1S/C24H22N2O2S/c1-16-6-2-3-7-19(16)24(28)26-18-12-10-17(11-13-18)23(27)22-14-15-25-20-8-4-5-9-21(20)29-22/h2-13,22,25H,14-15H2,1H3,(H,26,28). The number of aryl methyl sites for hydroxylation is 1. The summed E-state index contributed by atoms with van der Waals surface area (Å²) >= 11 is 1.61. The summed E-state index contributed by atoms with van der Waals surface area (Å²) in [5.41, 5.74) is 4.00. The fourth-order valence-electron chi connectivity index (χ4n) is 3.38. The molecule has 29 heavy (non-hydrogen) atoms. The maximum absolute atomic E-state index is 13.0. The van der Waals surface area contributed by atoms with Crippen molar-refractivity contribution in [1.82, 2.24) is 0 Å². The van der Waals surface area contributed by atoms with Crippen molar-refractivity contribution < 1.29 is 9.59 Å². The second-order valence-corrected chi connectivity index (χ2v) is 8.27. The lowest BCUT2D eigenvalue weighted by Gasteiger charge is -2.13. The smallest absolute Gasteiger partial charge is 0.255 e. The lowest BCUT2D eigenvalue weighted by Crippen LogP contribution is -2.19. The Balaban J connectivity index is 1.46. The van der Waals surface area contributed by atoms with Gasteiger partial charge >= 0.3 is 0 Å². The molecule has 1 atom stereocenters. The molecule has 4 nitrogen and oxygen atoms in total. The molecule has 0 saturated heterocycles. The molecule has 1 heterocycles. The fourth-order valence-corrected chi connectivity index (χ4v) is 4.59. The van der Waals surface area contributed by atoms with Crippen molar-refractivity contribution in [1.29, 1.82) is 0 Å². The molecule has 0 bridgehead atoms. The van der Waals surface area contributed by atoms with Gasteiger partial charge in [0.1, 0.15) is 0 Å². The first-order chi connectivity index (χ1) is 14.1. The Hall–Kier alpha value is -3.05. The number of anilines is 2. The van der Waals surface area contributed by atoms with E-state index in [-0.39, 0.29) is 16.9 Å². The number of fused-ring (bicyclic) bond motifs is 1. The van der Waals surface area contributed by atoms with E-state index < -0.39 is 0 Å². The molecular formula is C24H22N2O2S. The van der Waals surface area contributed by atoms with Gasteiger partial charge in [-0.1, -0.05) is 30.3 Å². The quantitative estimate of drug-likeness (QED) is 0.573. The van der Waals surface area contributed by atoms with Crippen molar-refractivity contribution in [2.45, 2.75) is 23.5 Å². The number of hydrogen-bond donors (Lipinski definition) is 2. The molecule has 0 aliphatic carbocycles. The first-order valence-corrected chi connectivity index (χ1v) is 10.5. The zero-order valence-corrected chi connectivity index (χ0v) is 17.0. The molecule has 5 heteroatoms.